The van der Waals surface area contributed by atoms with Gasteiger partial charge in [-0.15, -0.1) is 0 Å². The molecule has 0 N–H and O–H groups in total. The van der Waals surface area contributed by atoms with Crippen molar-refractivity contribution in [1.82, 2.24) is 19.2 Å². The fourth-order valence-corrected chi connectivity index (χ4v) is 4.26. The molecule has 2 aromatic rings. The van der Waals surface area contributed by atoms with Crippen molar-refractivity contribution >= 4 is 17.1 Å². The second-order valence-electron chi connectivity index (χ2n) is 8.11. The smallest absolute Gasteiger partial charge is 0.255 e. The summed E-state index contributed by atoms with van der Waals surface area (Å²) >= 11 is 0. The van der Waals surface area contributed by atoms with Crippen LogP contribution in [0.3, 0.4) is 0 Å². The molecule has 5 rings (SSSR count). The van der Waals surface area contributed by atoms with Gasteiger partial charge in [-0.2, -0.15) is 0 Å². The van der Waals surface area contributed by atoms with E-state index in [1.165, 1.54) is 5.57 Å². The van der Waals surface area contributed by atoms with Gasteiger partial charge in [-0.05, 0) is 66.5 Å². The quantitative estimate of drug-likeness (QED) is 0.752. The van der Waals surface area contributed by atoms with Crippen LogP contribution in [-0.2, 0) is 4.79 Å². The lowest BCUT2D eigenvalue weighted by molar-refractivity contribution is -0.122. The number of amides is 1. The van der Waals surface area contributed by atoms with Crippen molar-refractivity contribution in [3.05, 3.63) is 101 Å². The summed E-state index contributed by atoms with van der Waals surface area (Å²) in [6, 6.07) is 4.00. The topological polar surface area (TPSA) is 40.8 Å². The lowest BCUT2D eigenvalue weighted by Crippen LogP contribution is -2.30. The maximum absolute atomic E-state index is 13.2. The molecule has 0 spiro atoms. The maximum Gasteiger partial charge on any atom is 0.255 e. The van der Waals surface area contributed by atoms with Crippen LogP contribution in [-0.4, -0.2) is 44.7 Å². The number of carbonyl (C=O) groups is 1. The van der Waals surface area contributed by atoms with E-state index < -0.39 is 0 Å². The molecule has 1 amide bonds. The lowest BCUT2D eigenvalue weighted by atomic mass is 9.97. The van der Waals surface area contributed by atoms with Crippen LogP contribution in [0.15, 0.2) is 90.1 Å². The van der Waals surface area contributed by atoms with E-state index in [0.29, 0.717) is 0 Å². The Hall–Kier alpha value is -3.44. The number of allylic oxidation sites excluding steroid dienone is 7. The summed E-state index contributed by atoms with van der Waals surface area (Å²) in [7, 11) is 0. The Bertz CT molecular complexity index is 1240. The Balaban J connectivity index is 1.46. The fraction of sp³-hybridized carbons (Fsp3) is 0.231. The molecule has 5 nitrogen and oxygen atoms in total. The van der Waals surface area contributed by atoms with Gasteiger partial charge in [0.1, 0.15) is 5.65 Å². The average Bonchev–Trinajstić information content (AvgIpc) is 3.16. The van der Waals surface area contributed by atoms with Crippen LogP contribution in [0.25, 0.3) is 11.2 Å². The second-order valence-corrected chi connectivity index (χ2v) is 8.11. The number of carbonyl (C=O) groups excluding carboxylic acids is 1. The van der Waals surface area contributed by atoms with E-state index in [1.807, 2.05) is 66.4 Å². The summed E-state index contributed by atoms with van der Waals surface area (Å²) in [6.07, 6.45) is 21.2. The molecular weight excluding hydrogens is 384 g/mol. The minimum atomic E-state index is -0.0408. The van der Waals surface area contributed by atoms with Crippen LogP contribution < -0.4 is 0 Å². The first-order chi connectivity index (χ1) is 15.1. The summed E-state index contributed by atoms with van der Waals surface area (Å²) in [6.45, 7) is 7.27. The van der Waals surface area contributed by atoms with Crippen molar-refractivity contribution < 1.29 is 4.79 Å². The summed E-state index contributed by atoms with van der Waals surface area (Å²) in [5.74, 6) is -0.0408. The number of fused-ring (bicyclic) bond motifs is 2. The lowest BCUT2D eigenvalue weighted by Gasteiger charge is -2.28. The van der Waals surface area contributed by atoms with E-state index in [1.54, 1.807) is 11.0 Å². The zero-order chi connectivity index (χ0) is 21.4. The van der Waals surface area contributed by atoms with E-state index >= 15 is 0 Å². The second kappa shape index (κ2) is 8.00. The third-order valence-electron chi connectivity index (χ3n) is 6.06. The molecule has 5 heterocycles. The third kappa shape index (κ3) is 3.84. The van der Waals surface area contributed by atoms with Crippen LogP contribution in [0.1, 0.15) is 24.6 Å². The molecule has 0 fully saturated rings. The molecule has 3 aliphatic rings. The zero-order valence-electron chi connectivity index (χ0n) is 18.0. The number of hydrogen-bond donors (Lipinski definition) is 0. The van der Waals surface area contributed by atoms with E-state index in [-0.39, 0.29) is 5.91 Å². The molecule has 0 radical (unpaired) electrons. The number of likely N-dealkylation sites (N-methyl/N-ethyl adjacent to an activating group) is 1. The van der Waals surface area contributed by atoms with Gasteiger partial charge in [0.15, 0.2) is 0 Å². The number of rotatable bonds is 3. The van der Waals surface area contributed by atoms with Gasteiger partial charge in [0.05, 0.1) is 5.69 Å². The molecule has 0 bridgehead atoms. The summed E-state index contributed by atoms with van der Waals surface area (Å²) < 4.78 is 2.00. The van der Waals surface area contributed by atoms with Crippen LogP contribution in [0.4, 0.5) is 0 Å². The van der Waals surface area contributed by atoms with Gasteiger partial charge in [0.25, 0.3) is 5.91 Å². The number of nitrogens with zero attached hydrogens (tertiary/aromatic N) is 4. The molecule has 3 aliphatic heterocycles. The number of hydrogen-bond acceptors (Lipinski definition) is 3. The summed E-state index contributed by atoms with van der Waals surface area (Å²) in [5, 5.41) is 0. The van der Waals surface area contributed by atoms with Gasteiger partial charge in [-0.3, -0.25) is 14.6 Å². The van der Waals surface area contributed by atoms with E-state index in [9.17, 15) is 4.79 Å². The zero-order valence-corrected chi connectivity index (χ0v) is 18.0. The Morgan fingerprint density at radius 3 is 2.81 bits per heavy atom. The molecule has 0 aliphatic carbocycles. The molecule has 2 aromatic heterocycles. The molecule has 0 aromatic carbocycles. The highest BCUT2D eigenvalue weighted by atomic mass is 16.2. The highest BCUT2D eigenvalue weighted by molar-refractivity contribution is 6.00. The van der Waals surface area contributed by atoms with Gasteiger partial charge in [0, 0.05) is 43.5 Å². The van der Waals surface area contributed by atoms with Crippen molar-refractivity contribution in [2.45, 2.75) is 20.3 Å². The van der Waals surface area contributed by atoms with Crippen LogP contribution in [0, 0.1) is 6.92 Å². The largest absolute Gasteiger partial charge is 0.306 e. The first-order valence-corrected chi connectivity index (χ1v) is 10.8. The van der Waals surface area contributed by atoms with E-state index in [0.717, 1.165) is 59.8 Å². The Morgan fingerprint density at radius 2 is 2.00 bits per heavy atom. The number of aromatic nitrogens is 2. The molecular formula is C26H26N4O. The SMILES string of the molecule is CCN1CC=C(C2=CN3C(=O)/C=C(c4ccc5nc(C)cn5c4)\C=C\C=C3C=C2)CC1. The number of aryl methyl sites for hydroxylation is 1. The Labute approximate surface area is 182 Å². The van der Waals surface area contributed by atoms with E-state index in [2.05, 4.69) is 29.0 Å². The predicted octanol–water partition coefficient (Wildman–Crippen LogP) is 4.41. The first-order valence-electron chi connectivity index (χ1n) is 10.8. The third-order valence-corrected chi connectivity index (χ3v) is 6.06. The standard InChI is InChI=1S/C26H26N4O/c1-3-28-13-11-20(12-14-28)23-7-9-24-6-4-5-21(15-26(31)30(24)18-23)22-8-10-25-27-19(2)16-29(25)17-22/h4-11,15-18H,3,12-14H2,1-2H3/b5-4+,21-15+,24-6?. The van der Waals surface area contributed by atoms with Gasteiger partial charge >= 0.3 is 0 Å². The molecule has 0 atom stereocenters. The Kier molecular flexibility index (Phi) is 5.04. The summed E-state index contributed by atoms with van der Waals surface area (Å²) in [5.41, 5.74) is 7.06. The molecule has 0 saturated heterocycles. The maximum atomic E-state index is 13.2. The van der Waals surface area contributed by atoms with Crippen molar-refractivity contribution in [2.75, 3.05) is 19.6 Å². The molecule has 31 heavy (non-hydrogen) atoms. The highest BCUT2D eigenvalue weighted by Crippen LogP contribution is 2.28. The highest BCUT2D eigenvalue weighted by Gasteiger charge is 2.21. The van der Waals surface area contributed by atoms with Crippen molar-refractivity contribution in [3.63, 3.8) is 0 Å². The van der Waals surface area contributed by atoms with Gasteiger partial charge in [-0.25, -0.2) is 4.98 Å². The van der Waals surface area contributed by atoms with Gasteiger partial charge < -0.3 is 4.40 Å². The number of pyridine rings is 1. The van der Waals surface area contributed by atoms with Crippen LogP contribution in [0.2, 0.25) is 0 Å². The van der Waals surface area contributed by atoms with Crippen molar-refractivity contribution in [3.8, 4) is 0 Å². The molecule has 156 valence electrons. The Morgan fingerprint density at radius 1 is 1.10 bits per heavy atom. The molecule has 5 heteroatoms. The van der Waals surface area contributed by atoms with Crippen LogP contribution in [0.5, 0.6) is 0 Å². The molecule has 0 saturated carbocycles. The fourth-order valence-electron chi connectivity index (χ4n) is 4.26. The normalized spacial score (nSPS) is 22.1. The minimum absolute atomic E-state index is 0.0408. The van der Waals surface area contributed by atoms with Crippen LogP contribution >= 0.6 is 0 Å². The van der Waals surface area contributed by atoms with Crippen molar-refractivity contribution in [1.29, 1.82) is 0 Å². The van der Waals surface area contributed by atoms with E-state index in [4.69, 9.17) is 0 Å². The average molecular weight is 411 g/mol. The first kappa shape index (κ1) is 19.5. The monoisotopic (exact) mass is 410 g/mol. The van der Waals surface area contributed by atoms with Crippen molar-refractivity contribution in [2.24, 2.45) is 0 Å². The predicted molar refractivity (Wildman–Crippen MR) is 124 cm³/mol. The number of imidazole rings is 1. The molecule has 0 unspecified atom stereocenters. The minimum Gasteiger partial charge on any atom is -0.306 e. The van der Waals surface area contributed by atoms with Gasteiger partial charge in [0.2, 0.25) is 0 Å². The van der Waals surface area contributed by atoms with Gasteiger partial charge in [-0.1, -0.05) is 31.2 Å². The summed E-state index contributed by atoms with van der Waals surface area (Å²) in [4.78, 5) is 21.9.